The smallest absolute Gasteiger partial charge is 0.318 e. The third-order valence-corrected chi connectivity index (χ3v) is 4.56. The Labute approximate surface area is 162 Å². The van der Waals surface area contributed by atoms with Gasteiger partial charge in [-0.15, -0.1) is 0 Å². The molecular formula is C19H24FN3O5. The molecule has 4 amide bonds. The first-order chi connectivity index (χ1) is 13.2. The summed E-state index contributed by atoms with van der Waals surface area (Å²) in [6, 6.07) is 4.27. The van der Waals surface area contributed by atoms with Crippen LogP contribution in [0.25, 0.3) is 0 Å². The minimum atomic E-state index is -1.13. The predicted molar refractivity (Wildman–Crippen MR) is 97.5 cm³/mol. The van der Waals surface area contributed by atoms with Crippen LogP contribution < -0.4 is 11.1 Å². The van der Waals surface area contributed by atoms with Crippen LogP contribution in [0.2, 0.25) is 0 Å². The SMILES string of the molecule is CC(C)[C@H](OC(=O)C1CCN(C(=O)c2ccc(F)cc2)CC1)C(=O)NC(N)=O. The highest BCUT2D eigenvalue weighted by Gasteiger charge is 2.33. The lowest BCUT2D eigenvalue weighted by atomic mass is 9.96. The number of amides is 4. The first kappa shape index (κ1) is 21.3. The Hall–Kier alpha value is -2.97. The van der Waals surface area contributed by atoms with Gasteiger partial charge in [-0.05, 0) is 43.0 Å². The number of hydrogen-bond donors (Lipinski definition) is 2. The average Bonchev–Trinajstić information content (AvgIpc) is 2.65. The fourth-order valence-electron chi connectivity index (χ4n) is 3.00. The second-order valence-electron chi connectivity index (χ2n) is 7.03. The van der Waals surface area contributed by atoms with Crippen molar-refractivity contribution in [1.29, 1.82) is 0 Å². The molecule has 0 radical (unpaired) electrons. The maximum Gasteiger partial charge on any atom is 0.318 e. The Morgan fingerprint density at radius 3 is 2.21 bits per heavy atom. The van der Waals surface area contributed by atoms with Crippen LogP contribution in [0.15, 0.2) is 24.3 Å². The molecule has 9 heteroatoms. The Kier molecular flexibility index (Phi) is 7.08. The van der Waals surface area contributed by atoms with Crippen molar-refractivity contribution >= 4 is 23.8 Å². The molecule has 0 unspecified atom stereocenters. The molecule has 1 atom stereocenters. The van der Waals surface area contributed by atoms with Crippen molar-refractivity contribution in [3.8, 4) is 0 Å². The van der Waals surface area contributed by atoms with E-state index in [-0.39, 0.29) is 11.8 Å². The summed E-state index contributed by atoms with van der Waals surface area (Å²) in [4.78, 5) is 49.3. The number of urea groups is 1. The van der Waals surface area contributed by atoms with Crippen LogP contribution in [0, 0.1) is 17.7 Å². The zero-order valence-corrected chi connectivity index (χ0v) is 15.8. The number of carbonyl (C=O) groups excluding carboxylic acids is 4. The number of rotatable bonds is 5. The Balaban J connectivity index is 1.91. The molecule has 1 aromatic rings. The molecule has 0 saturated carbocycles. The van der Waals surface area contributed by atoms with E-state index in [1.54, 1.807) is 18.7 Å². The molecule has 152 valence electrons. The Morgan fingerprint density at radius 2 is 1.71 bits per heavy atom. The molecule has 1 aromatic carbocycles. The van der Waals surface area contributed by atoms with E-state index in [1.807, 2.05) is 5.32 Å². The van der Waals surface area contributed by atoms with Gasteiger partial charge >= 0.3 is 12.0 Å². The maximum atomic E-state index is 13.0. The molecule has 8 nitrogen and oxygen atoms in total. The number of likely N-dealkylation sites (tertiary alicyclic amines) is 1. The Bertz CT molecular complexity index is 742. The van der Waals surface area contributed by atoms with E-state index in [2.05, 4.69) is 0 Å². The van der Waals surface area contributed by atoms with Gasteiger partial charge in [0, 0.05) is 18.7 Å². The normalized spacial score (nSPS) is 15.8. The second kappa shape index (κ2) is 9.29. The van der Waals surface area contributed by atoms with Crippen molar-refractivity contribution in [3.05, 3.63) is 35.6 Å². The lowest BCUT2D eigenvalue weighted by Crippen LogP contribution is -2.47. The summed E-state index contributed by atoms with van der Waals surface area (Å²) in [7, 11) is 0. The number of ether oxygens (including phenoxy) is 1. The maximum absolute atomic E-state index is 13.0. The number of hydrogen-bond acceptors (Lipinski definition) is 5. The van der Waals surface area contributed by atoms with E-state index >= 15 is 0 Å². The van der Waals surface area contributed by atoms with Crippen molar-refractivity contribution in [3.63, 3.8) is 0 Å². The summed E-state index contributed by atoms with van der Waals surface area (Å²) in [6.07, 6.45) is -0.360. The number of imide groups is 1. The molecule has 1 aliphatic heterocycles. The van der Waals surface area contributed by atoms with Crippen molar-refractivity contribution in [2.24, 2.45) is 17.6 Å². The first-order valence-corrected chi connectivity index (χ1v) is 9.04. The zero-order chi connectivity index (χ0) is 20.8. The van der Waals surface area contributed by atoms with Crippen molar-refractivity contribution in [1.82, 2.24) is 10.2 Å². The van der Waals surface area contributed by atoms with Crippen LogP contribution in [0.3, 0.4) is 0 Å². The molecule has 1 heterocycles. The quantitative estimate of drug-likeness (QED) is 0.734. The number of benzene rings is 1. The average molecular weight is 393 g/mol. The van der Waals surface area contributed by atoms with E-state index in [4.69, 9.17) is 10.5 Å². The third-order valence-electron chi connectivity index (χ3n) is 4.56. The fourth-order valence-corrected chi connectivity index (χ4v) is 3.00. The fraction of sp³-hybridized carbons (Fsp3) is 0.474. The summed E-state index contributed by atoms with van der Waals surface area (Å²) >= 11 is 0. The highest BCUT2D eigenvalue weighted by molar-refractivity contribution is 5.97. The zero-order valence-electron chi connectivity index (χ0n) is 15.8. The van der Waals surface area contributed by atoms with Gasteiger partial charge in [0.2, 0.25) is 0 Å². The molecule has 2 rings (SSSR count). The number of piperidine rings is 1. The number of carbonyl (C=O) groups is 4. The van der Waals surface area contributed by atoms with Gasteiger partial charge in [-0.3, -0.25) is 19.7 Å². The van der Waals surface area contributed by atoms with Gasteiger partial charge in [-0.1, -0.05) is 13.8 Å². The predicted octanol–water partition coefficient (Wildman–Crippen LogP) is 1.44. The van der Waals surface area contributed by atoms with Crippen LogP contribution >= 0.6 is 0 Å². The topological polar surface area (TPSA) is 119 Å². The van der Waals surface area contributed by atoms with Gasteiger partial charge in [0.25, 0.3) is 11.8 Å². The standard InChI is InChI=1S/C19H24FN3O5/c1-11(2)15(16(24)22-19(21)27)28-18(26)13-7-9-23(10-8-13)17(25)12-3-5-14(20)6-4-12/h3-6,11,13,15H,7-10H2,1-2H3,(H3,21,22,24,27)/t15-/m0/s1. The molecule has 28 heavy (non-hydrogen) atoms. The number of nitrogens with zero attached hydrogens (tertiary/aromatic N) is 1. The van der Waals surface area contributed by atoms with Crippen molar-refractivity contribution in [2.75, 3.05) is 13.1 Å². The molecule has 1 fully saturated rings. The second-order valence-corrected chi connectivity index (χ2v) is 7.03. The minimum Gasteiger partial charge on any atom is -0.452 e. The van der Waals surface area contributed by atoms with Gasteiger partial charge in [0.1, 0.15) is 5.82 Å². The summed E-state index contributed by atoms with van der Waals surface area (Å²) < 4.78 is 18.3. The van der Waals surface area contributed by atoms with Gasteiger partial charge < -0.3 is 15.4 Å². The monoisotopic (exact) mass is 393 g/mol. The van der Waals surface area contributed by atoms with Gasteiger partial charge in [0.15, 0.2) is 6.10 Å². The lowest BCUT2D eigenvalue weighted by Gasteiger charge is -2.32. The minimum absolute atomic E-state index is 0.229. The van der Waals surface area contributed by atoms with Crippen LogP contribution in [0.1, 0.15) is 37.0 Å². The van der Waals surface area contributed by atoms with Crippen molar-refractivity contribution < 1.29 is 28.3 Å². The largest absolute Gasteiger partial charge is 0.452 e. The van der Waals surface area contributed by atoms with Crippen molar-refractivity contribution in [2.45, 2.75) is 32.8 Å². The Morgan fingerprint density at radius 1 is 1.14 bits per heavy atom. The molecule has 3 N–H and O–H groups in total. The van der Waals surface area contributed by atoms with Gasteiger partial charge in [0.05, 0.1) is 5.92 Å². The molecule has 0 spiro atoms. The van der Waals surface area contributed by atoms with Crippen LogP contribution in [0.5, 0.6) is 0 Å². The first-order valence-electron chi connectivity index (χ1n) is 9.04. The third kappa shape index (κ3) is 5.51. The van der Waals surface area contributed by atoms with E-state index in [0.717, 1.165) is 0 Å². The lowest BCUT2D eigenvalue weighted by molar-refractivity contribution is -0.163. The molecule has 0 aromatic heterocycles. The summed E-state index contributed by atoms with van der Waals surface area (Å²) in [5.74, 6) is -2.76. The summed E-state index contributed by atoms with van der Waals surface area (Å²) in [5, 5.41) is 1.92. The molecule has 0 aliphatic carbocycles. The number of nitrogens with one attached hydrogen (secondary N) is 1. The summed E-state index contributed by atoms with van der Waals surface area (Å²) in [5.41, 5.74) is 5.32. The molecule has 1 saturated heterocycles. The van der Waals surface area contributed by atoms with E-state index < -0.39 is 35.7 Å². The number of primary amides is 1. The number of halogens is 1. The van der Waals surface area contributed by atoms with Crippen LogP contribution in [-0.4, -0.2) is 47.9 Å². The van der Waals surface area contributed by atoms with Gasteiger partial charge in [-0.2, -0.15) is 0 Å². The number of nitrogens with two attached hydrogens (primary N) is 1. The van der Waals surface area contributed by atoms with E-state index in [1.165, 1.54) is 24.3 Å². The van der Waals surface area contributed by atoms with Gasteiger partial charge in [-0.25, -0.2) is 9.18 Å². The molecule has 1 aliphatic rings. The highest BCUT2D eigenvalue weighted by atomic mass is 19.1. The molecular weight excluding hydrogens is 369 g/mol. The van der Waals surface area contributed by atoms with Crippen LogP contribution in [-0.2, 0) is 14.3 Å². The van der Waals surface area contributed by atoms with E-state index in [9.17, 15) is 23.6 Å². The molecule has 0 bridgehead atoms. The van der Waals surface area contributed by atoms with E-state index in [0.29, 0.717) is 31.5 Å². The van der Waals surface area contributed by atoms with Crippen LogP contribution in [0.4, 0.5) is 9.18 Å². The number of esters is 1. The highest BCUT2D eigenvalue weighted by Crippen LogP contribution is 2.22. The summed E-state index contributed by atoms with van der Waals surface area (Å²) in [6.45, 7) is 4.05.